The molecule has 0 amide bonds. The predicted octanol–water partition coefficient (Wildman–Crippen LogP) is 1.92. The lowest BCUT2D eigenvalue weighted by atomic mass is 10.0. The van der Waals surface area contributed by atoms with Crippen molar-refractivity contribution in [1.82, 2.24) is 0 Å². The molecule has 0 spiro atoms. The molecular weight excluding hydrogens is 192 g/mol. The van der Waals surface area contributed by atoms with Gasteiger partial charge in [-0.15, -0.1) is 0 Å². The monoisotopic (exact) mass is 201 g/mol. The highest BCUT2D eigenvalue weighted by Gasteiger charge is 2.08. The van der Waals surface area contributed by atoms with Crippen LogP contribution >= 0.6 is 0 Å². The summed E-state index contributed by atoms with van der Waals surface area (Å²) in [5.74, 6) is -1.30. The van der Waals surface area contributed by atoms with Crippen LogP contribution in [0.5, 0.6) is 5.75 Å². The SMILES string of the molecule is Cc1cc([O-])c2c(C(=O)O)cccc2c1. The number of hydrogen-bond acceptors (Lipinski definition) is 2. The van der Waals surface area contributed by atoms with E-state index in [9.17, 15) is 9.90 Å². The van der Waals surface area contributed by atoms with E-state index >= 15 is 0 Å². The third-order valence-corrected chi connectivity index (χ3v) is 2.32. The summed E-state index contributed by atoms with van der Waals surface area (Å²) < 4.78 is 0. The molecule has 0 aliphatic heterocycles. The first kappa shape index (κ1) is 9.52. The Balaban J connectivity index is 2.91. The van der Waals surface area contributed by atoms with Gasteiger partial charge in [0.1, 0.15) is 0 Å². The van der Waals surface area contributed by atoms with Crippen molar-refractivity contribution in [2.24, 2.45) is 0 Å². The predicted molar refractivity (Wildman–Crippen MR) is 55.1 cm³/mol. The Kier molecular flexibility index (Phi) is 2.08. The van der Waals surface area contributed by atoms with Gasteiger partial charge in [0.15, 0.2) is 0 Å². The molecule has 1 N–H and O–H groups in total. The van der Waals surface area contributed by atoms with Crippen LogP contribution < -0.4 is 5.11 Å². The maximum absolute atomic E-state index is 11.7. The first-order valence-corrected chi connectivity index (χ1v) is 4.53. The van der Waals surface area contributed by atoms with Gasteiger partial charge in [-0.3, -0.25) is 0 Å². The van der Waals surface area contributed by atoms with Crippen molar-refractivity contribution in [2.75, 3.05) is 0 Å². The van der Waals surface area contributed by atoms with E-state index in [1.54, 1.807) is 12.1 Å². The quantitative estimate of drug-likeness (QED) is 0.766. The number of benzene rings is 2. The minimum Gasteiger partial charge on any atom is -0.872 e. The van der Waals surface area contributed by atoms with E-state index < -0.39 is 5.97 Å². The van der Waals surface area contributed by atoms with Gasteiger partial charge in [-0.05, 0) is 23.8 Å². The van der Waals surface area contributed by atoms with Gasteiger partial charge in [0.25, 0.3) is 0 Å². The molecule has 2 rings (SSSR count). The van der Waals surface area contributed by atoms with Crippen LogP contribution in [0.4, 0.5) is 0 Å². The normalized spacial score (nSPS) is 10.5. The Hall–Kier alpha value is -2.03. The lowest BCUT2D eigenvalue weighted by molar-refractivity contribution is -0.265. The molecule has 0 bridgehead atoms. The molecule has 2 aromatic rings. The fourth-order valence-electron chi connectivity index (χ4n) is 1.71. The van der Waals surface area contributed by atoms with Gasteiger partial charge >= 0.3 is 5.97 Å². The number of aryl methyl sites for hydroxylation is 1. The van der Waals surface area contributed by atoms with Crippen molar-refractivity contribution in [3.63, 3.8) is 0 Å². The smallest absolute Gasteiger partial charge is 0.336 e. The summed E-state index contributed by atoms with van der Waals surface area (Å²) in [6.45, 7) is 1.81. The van der Waals surface area contributed by atoms with Gasteiger partial charge in [0.2, 0.25) is 0 Å². The first-order valence-electron chi connectivity index (χ1n) is 4.53. The average molecular weight is 201 g/mol. The molecule has 76 valence electrons. The highest BCUT2D eigenvalue weighted by molar-refractivity contribution is 6.06. The largest absolute Gasteiger partial charge is 0.872 e. The molecule has 0 heterocycles. The van der Waals surface area contributed by atoms with Gasteiger partial charge in [-0.2, -0.15) is 0 Å². The van der Waals surface area contributed by atoms with Crippen LogP contribution in [0.15, 0.2) is 30.3 Å². The van der Waals surface area contributed by atoms with Gasteiger partial charge < -0.3 is 10.2 Å². The van der Waals surface area contributed by atoms with Crippen LogP contribution in [0.2, 0.25) is 0 Å². The Morgan fingerprint density at radius 3 is 2.73 bits per heavy atom. The maximum Gasteiger partial charge on any atom is 0.336 e. The number of carboxylic acids is 1. The molecule has 0 saturated heterocycles. The third-order valence-electron chi connectivity index (χ3n) is 2.32. The van der Waals surface area contributed by atoms with Gasteiger partial charge in [-0.25, -0.2) is 4.79 Å². The minimum atomic E-state index is -1.07. The molecule has 15 heavy (non-hydrogen) atoms. The van der Waals surface area contributed by atoms with E-state index in [1.165, 1.54) is 12.1 Å². The van der Waals surface area contributed by atoms with Crippen LogP contribution in [-0.2, 0) is 0 Å². The lowest BCUT2D eigenvalue weighted by Crippen LogP contribution is -2.01. The summed E-state index contributed by atoms with van der Waals surface area (Å²) >= 11 is 0. The standard InChI is InChI=1S/C12H10O3/c1-7-5-8-3-2-4-9(12(14)15)11(8)10(13)6-7/h2-6,13H,1H3,(H,14,15)/p-1. The van der Waals surface area contributed by atoms with Crippen LogP contribution in [-0.4, -0.2) is 11.1 Å². The number of rotatable bonds is 1. The van der Waals surface area contributed by atoms with Crippen molar-refractivity contribution in [1.29, 1.82) is 0 Å². The molecule has 0 aromatic heterocycles. The Morgan fingerprint density at radius 1 is 1.33 bits per heavy atom. The molecule has 0 aliphatic carbocycles. The van der Waals surface area contributed by atoms with E-state index in [0.717, 1.165) is 5.56 Å². The molecular formula is C12H9O3-. The maximum atomic E-state index is 11.7. The summed E-state index contributed by atoms with van der Waals surface area (Å²) in [6, 6.07) is 8.10. The number of carboxylic acid groups (broad SMARTS) is 1. The topological polar surface area (TPSA) is 60.4 Å². The molecule has 3 nitrogen and oxygen atoms in total. The highest BCUT2D eigenvalue weighted by Crippen LogP contribution is 2.27. The van der Waals surface area contributed by atoms with Gasteiger partial charge in [-0.1, -0.05) is 35.6 Å². The molecule has 0 fully saturated rings. The minimum absolute atomic E-state index is 0.0671. The lowest BCUT2D eigenvalue weighted by Gasteiger charge is -2.13. The second kappa shape index (κ2) is 3.28. The molecule has 2 aromatic carbocycles. The fourth-order valence-corrected chi connectivity index (χ4v) is 1.71. The number of aromatic carboxylic acids is 1. The molecule has 0 unspecified atom stereocenters. The van der Waals surface area contributed by atoms with Crippen molar-refractivity contribution in [2.45, 2.75) is 6.92 Å². The molecule has 3 heteroatoms. The first-order chi connectivity index (χ1) is 7.09. The van der Waals surface area contributed by atoms with E-state index in [2.05, 4.69) is 0 Å². The van der Waals surface area contributed by atoms with Crippen molar-refractivity contribution in [3.05, 3.63) is 41.5 Å². The van der Waals surface area contributed by atoms with Crippen LogP contribution in [0.1, 0.15) is 15.9 Å². The van der Waals surface area contributed by atoms with Crippen molar-refractivity contribution < 1.29 is 15.0 Å². The summed E-state index contributed by atoms with van der Waals surface area (Å²) in [7, 11) is 0. The Morgan fingerprint density at radius 2 is 2.07 bits per heavy atom. The number of fused-ring (bicyclic) bond motifs is 1. The summed E-state index contributed by atoms with van der Waals surface area (Å²) in [5.41, 5.74) is 0.910. The van der Waals surface area contributed by atoms with Crippen molar-refractivity contribution >= 4 is 16.7 Å². The summed E-state index contributed by atoms with van der Waals surface area (Å²) in [6.07, 6.45) is 0. The van der Waals surface area contributed by atoms with Crippen LogP contribution in [0.25, 0.3) is 10.8 Å². The van der Waals surface area contributed by atoms with Crippen LogP contribution in [0.3, 0.4) is 0 Å². The third kappa shape index (κ3) is 1.52. The molecule has 0 saturated carbocycles. The van der Waals surface area contributed by atoms with Gasteiger partial charge in [0, 0.05) is 0 Å². The summed E-state index contributed by atoms with van der Waals surface area (Å²) in [4.78, 5) is 10.9. The number of hydrogen-bond donors (Lipinski definition) is 1. The fraction of sp³-hybridized carbons (Fsp3) is 0.0833. The molecule has 0 radical (unpaired) electrons. The second-order valence-corrected chi connectivity index (χ2v) is 3.47. The second-order valence-electron chi connectivity index (χ2n) is 3.47. The van der Waals surface area contributed by atoms with E-state index in [1.807, 2.05) is 13.0 Å². The molecule has 0 aliphatic rings. The van der Waals surface area contributed by atoms with Gasteiger partial charge in [0.05, 0.1) is 5.56 Å². The summed E-state index contributed by atoms with van der Waals surface area (Å²) in [5, 5.41) is 21.6. The average Bonchev–Trinajstić information content (AvgIpc) is 2.16. The van der Waals surface area contributed by atoms with E-state index in [4.69, 9.17) is 5.11 Å². The Labute approximate surface area is 86.6 Å². The number of carbonyl (C=O) groups is 1. The van der Waals surface area contributed by atoms with Crippen LogP contribution in [0, 0.1) is 6.92 Å². The zero-order chi connectivity index (χ0) is 11.0. The molecule has 0 atom stereocenters. The van der Waals surface area contributed by atoms with E-state index in [-0.39, 0.29) is 16.7 Å². The van der Waals surface area contributed by atoms with Crippen molar-refractivity contribution in [3.8, 4) is 5.75 Å². The van der Waals surface area contributed by atoms with E-state index in [0.29, 0.717) is 5.39 Å². The zero-order valence-corrected chi connectivity index (χ0v) is 8.15. The zero-order valence-electron chi connectivity index (χ0n) is 8.15. The Bertz CT molecular complexity index is 544. The highest BCUT2D eigenvalue weighted by atomic mass is 16.4.